The van der Waals surface area contributed by atoms with Crippen LogP contribution in [0.4, 0.5) is 5.82 Å². The fraction of sp³-hybridized carbons (Fsp3) is 0.615. The number of likely N-dealkylation sites (N-methyl/N-ethyl adjacent to an activating group) is 1. The highest BCUT2D eigenvalue weighted by atomic mass is 16.5. The van der Waals surface area contributed by atoms with Gasteiger partial charge < -0.3 is 15.0 Å². The molecule has 0 bridgehead atoms. The third-order valence-electron chi connectivity index (χ3n) is 3.09. The Morgan fingerprint density at radius 1 is 1.59 bits per heavy atom. The van der Waals surface area contributed by atoms with Crippen molar-refractivity contribution in [1.29, 1.82) is 0 Å². The van der Waals surface area contributed by atoms with Crippen molar-refractivity contribution >= 4 is 5.82 Å². The summed E-state index contributed by atoms with van der Waals surface area (Å²) in [5.41, 5.74) is 1.31. The van der Waals surface area contributed by atoms with Crippen LogP contribution in [0.15, 0.2) is 18.3 Å². The van der Waals surface area contributed by atoms with Gasteiger partial charge in [-0.2, -0.15) is 0 Å². The number of aromatic nitrogens is 1. The van der Waals surface area contributed by atoms with Gasteiger partial charge in [-0.25, -0.2) is 4.98 Å². The van der Waals surface area contributed by atoms with Crippen LogP contribution in [0, 0.1) is 0 Å². The van der Waals surface area contributed by atoms with Gasteiger partial charge in [-0.05, 0) is 31.2 Å². The lowest BCUT2D eigenvalue weighted by molar-refractivity contribution is -0.0117. The Morgan fingerprint density at radius 3 is 3.24 bits per heavy atom. The van der Waals surface area contributed by atoms with Crippen LogP contribution in [0.3, 0.4) is 0 Å². The summed E-state index contributed by atoms with van der Waals surface area (Å²) in [6, 6.07) is 4.16. The van der Waals surface area contributed by atoms with Crippen molar-refractivity contribution in [3.63, 3.8) is 0 Å². The second kappa shape index (κ2) is 5.98. The van der Waals surface area contributed by atoms with Gasteiger partial charge in [0.25, 0.3) is 0 Å². The van der Waals surface area contributed by atoms with Crippen LogP contribution in [-0.2, 0) is 11.2 Å². The average Bonchev–Trinajstić information content (AvgIpc) is 2.37. The SMILES string of the molecule is CCc1ccnc(NCC2CN(C)CCO2)c1. The number of ether oxygens (including phenoxy) is 1. The van der Waals surface area contributed by atoms with E-state index in [2.05, 4.69) is 41.3 Å². The molecule has 1 unspecified atom stereocenters. The molecule has 0 aromatic carbocycles. The molecule has 0 radical (unpaired) electrons. The minimum Gasteiger partial charge on any atom is -0.374 e. The summed E-state index contributed by atoms with van der Waals surface area (Å²) in [6.45, 7) is 5.81. The summed E-state index contributed by atoms with van der Waals surface area (Å²) < 4.78 is 5.69. The number of morpholine rings is 1. The van der Waals surface area contributed by atoms with E-state index in [1.165, 1.54) is 5.56 Å². The Kier molecular flexibility index (Phi) is 4.34. The molecule has 2 rings (SSSR count). The maximum Gasteiger partial charge on any atom is 0.126 e. The van der Waals surface area contributed by atoms with Crippen molar-refractivity contribution in [3.8, 4) is 0 Å². The lowest BCUT2D eigenvalue weighted by Crippen LogP contribution is -2.43. The van der Waals surface area contributed by atoms with Crippen molar-refractivity contribution in [1.82, 2.24) is 9.88 Å². The molecule has 1 aliphatic heterocycles. The molecule has 1 aromatic rings. The predicted octanol–water partition coefficient (Wildman–Crippen LogP) is 1.39. The molecule has 2 heterocycles. The van der Waals surface area contributed by atoms with Gasteiger partial charge in [-0.1, -0.05) is 6.92 Å². The summed E-state index contributed by atoms with van der Waals surface area (Å²) in [5.74, 6) is 0.946. The number of nitrogens with one attached hydrogen (secondary N) is 1. The highest BCUT2D eigenvalue weighted by Crippen LogP contribution is 2.09. The van der Waals surface area contributed by atoms with Crippen LogP contribution >= 0.6 is 0 Å². The molecule has 1 aliphatic rings. The number of nitrogens with zero attached hydrogens (tertiary/aromatic N) is 2. The van der Waals surface area contributed by atoms with Crippen molar-refractivity contribution in [2.45, 2.75) is 19.4 Å². The van der Waals surface area contributed by atoms with Gasteiger partial charge in [0.1, 0.15) is 5.82 Å². The Hall–Kier alpha value is -1.13. The number of hydrogen-bond donors (Lipinski definition) is 1. The van der Waals surface area contributed by atoms with Crippen LogP contribution < -0.4 is 5.32 Å². The molecule has 0 spiro atoms. The fourth-order valence-corrected chi connectivity index (χ4v) is 2.00. The Morgan fingerprint density at radius 2 is 2.47 bits per heavy atom. The Labute approximate surface area is 103 Å². The van der Waals surface area contributed by atoms with Crippen LogP contribution in [0.25, 0.3) is 0 Å². The molecule has 4 nitrogen and oxygen atoms in total. The third kappa shape index (κ3) is 3.68. The van der Waals surface area contributed by atoms with E-state index in [4.69, 9.17) is 4.74 Å². The molecular weight excluding hydrogens is 214 g/mol. The Bertz CT molecular complexity index is 356. The van der Waals surface area contributed by atoms with E-state index < -0.39 is 0 Å². The number of hydrogen-bond acceptors (Lipinski definition) is 4. The zero-order chi connectivity index (χ0) is 12.1. The largest absolute Gasteiger partial charge is 0.374 e. The van der Waals surface area contributed by atoms with Crippen LogP contribution in [0.5, 0.6) is 0 Å². The van der Waals surface area contributed by atoms with Crippen molar-refractivity contribution in [2.75, 3.05) is 38.6 Å². The highest BCUT2D eigenvalue weighted by Gasteiger charge is 2.17. The monoisotopic (exact) mass is 235 g/mol. The smallest absolute Gasteiger partial charge is 0.126 e. The van der Waals surface area contributed by atoms with Crippen LogP contribution in [-0.4, -0.2) is 49.3 Å². The van der Waals surface area contributed by atoms with Crippen LogP contribution in [0.1, 0.15) is 12.5 Å². The molecule has 0 aliphatic carbocycles. The van der Waals surface area contributed by atoms with Gasteiger partial charge in [0.2, 0.25) is 0 Å². The molecule has 0 saturated carbocycles. The van der Waals surface area contributed by atoms with Gasteiger partial charge >= 0.3 is 0 Å². The first-order valence-electron chi connectivity index (χ1n) is 6.27. The van der Waals surface area contributed by atoms with Crippen molar-refractivity contribution in [3.05, 3.63) is 23.9 Å². The summed E-state index contributed by atoms with van der Waals surface area (Å²) in [7, 11) is 2.13. The molecular formula is C13H21N3O. The molecule has 4 heteroatoms. The summed E-state index contributed by atoms with van der Waals surface area (Å²) in [5, 5.41) is 3.35. The standard InChI is InChI=1S/C13H21N3O/c1-3-11-4-5-14-13(8-11)15-9-12-10-16(2)6-7-17-12/h4-5,8,12H,3,6-7,9-10H2,1-2H3,(H,14,15). The number of anilines is 1. The maximum absolute atomic E-state index is 5.69. The lowest BCUT2D eigenvalue weighted by Gasteiger charge is -2.30. The molecule has 94 valence electrons. The van der Waals surface area contributed by atoms with Crippen LogP contribution in [0.2, 0.25) is 0 Å². The maximum atomic E-state index is 5.69. The molecule has 1 saturated heterocycles. The average molecular weight is 235 g/mol. The second-order valence-electron chi connectivity index (χ2n) is 4.54. The van der Waals surface area contributed by atoms with Gasteiger partial charge in [0, 0.05) is 25.8 Å². The van der Waals surface area contributed by atoms with Crippen molar-refractivity contribution < 1.29 is 4.74 Å². The molecule has 17 heavy (non-hydrogen) atoms. The fourth-order valence-electron chi connectivity index (χ4n) is 2.00. The normalized spacial score (nSPS) is 21.4. The number of pyridine rings is 1. The topological polar surface area (TPSA) is 37.4 Å². The first kappa shape index (κ1) is 12.3. The Balaban J connectivity index is 1.84. The highest BCUT2D eigenvalue weighted by molar-refractivity contribution is 5.37. The van der Waals surface area contributed by atoms with Gasteiger partial charge in [-0.3, -0.25) is 0 Å². The minimum absolute atomic E-state index is 0.265. The molecule has 1 atom stereocenters. The summed E-state index contributed by atoms with van der Waals surface area (Å²) in [6.07, 6.45) is 3.16. The minimum atomic E-state index is 0.265. The summed E-state index contributed by atoms with van der Waals surface area (Å²) in [4.78, 5) is 6.61. The van der Waals surface area contributed by atoms with Gasteiger partial charge in [0.15, 0.2) is 0 Å². The molecule has 1 aromatic heterocycles. The summed E-state index contributed by atoms with van der Waals surface area (Å²) >= 11 is 0. The van der Waals surface area contributed by atoms with E-state index in [0.717, 1.165) is 38.5 Å². The quantitative estimate of drug-likeness (QED) is 0.855. The van der Waals surface area contributed by atoms with Gasteiger partial charge in [0.05, 0.1) is 12.7 Å². The van der Waals surface area contributed by atoms with E-state index in [9.17, 15) is 0 Å². The zero-order valence-corrected chi connectivity index (χ0v) is 10.6. The van der Waals surface area contributed by atoms with E-state index in [-0.39, 0.29) is 6.10 Å². The number of rotatable bonds is 4. The molecule has 0 amide bonds. The third-order valence-corrected chi connectivity index (χ3v) is 3.09. The lowest BCUT2D eigenvalue weighted by atomic mass is 10.2. The molecule has 1 N–H and O–H groups in total. The van der Waals surface area contributed by atoms with E-state index in [0.29, 0.717) is 0 Å². The van der Waals surface area contributed by atoms with E-state index >= 15 is 0 Å². The van der Waals surface area contributed by atoms with E-state index in [1.54, 1.807) is 0 Å². The first-order chi connectivity index (χ1) is 8.28. The predicted molar refractivity (Wildman–Crippen MR) is 69.3 cm³/mol. The number of aryl methyl sites for hydroxylation is 1. The van der Waals surface area contributed by atoms with Gasteiger partial charge in [-0.15, -0.1) is 0 Å². The second-order valence-corrected chi connectivity index (χ2v) is 4.54. The van der Waals surface area contributed by atoms with E-state index in [1.807, 2.05) is 6.20 Å². The van der Waals surface area contributed by atoms with Crippen molar-refractivity contribution in [2.24, 2.45) is 0 Å². The zero-order valence-electron chi connectivity index (χ0n) is 10.6. The first-order valence-corrected chi connectivity index (χ1v) is 6.27. The molecule has 1 fully saturated rings.